The first-order valence-corrected chi connectivity index (χ1v) is 12.4. The van der Waals surface area contributed by atoms with E-state index >= 15 is 0 Å². The van der Waals surface area contributed by atoms with E-state index in [1.54, 1.807) is 55.5 Å². The summed E-state index contributed by atoms with van der Waals surface area (Å²) in [6.07, 6.45) is 0. The van der Waals surface area contributed by atoms with E-state index < -0.39 is 10.0 Å². The molecule has 4 aromatic carbocycles. The molecule has 0 radical (unpaired) electrons. The summed E-state index contributed by atoms with van der Waals surface area (Å²) in [5, 5.41) is 2.75. The standard InChI is InChI=1S/C27H24N2O5S/c1-2-33-26-18-17-24(19-25(26)28-27(30)20-9-5-3-6-10-20)35(31,32)29-21-13-15-23(16-14-21)34-22-11-7-4-8-12-22/h3-19,29H,2H2,1H3,(H,28,30). The first-order valence-electron chi connectivity index (χ1n) is 10.9. The van der Waals surface area contributed by atoms with Crippen LogP contribution in [0.25, 0.3) is 0 Å². The quantitative estimate of drug-likeness (QED) is 0.305. The van der Waals surface area contributed by atoms with Crippen LogP contribution in [0.4, 0.5) is 11.4 Å². The zero-order valence-electron chi connectivity index (χ0n) is 19.0. The van der Waals surface area contributed by atoms with Crippen LogP contribution in [-0.2, 0) is 10.0 Å². The molecule has 0 unspecified atom stereocenters. The van der Waals surface area contributed by atoms with Gasteiger partial charge in [-0.2, -0.15) is 0 Å². The van der Waals surface area contributed by atoms with Gasteiger partial charge in [0.05, 0.1) is 17.2 Å². The molecule has 4 aromatic rings. The maximum absolute atomic E-state index is 13.1. The van der Waals surface area contributed by atoms with Gasteiger partial charge in [0, 0.05) is 11.3 Å². The van der Waals surface area contributed by atoms with E-state index in [2.05, 4.69) is 10.0 Å². The zero-order valence-corrected chi connectivity index (χ0v) is 19.8. The molecule has 1 amide bonds. The molecule has 0 saturated heterocycles. The maximum Gasteiger partial charge on any atom is 0.261 e. The highest BCUT2D eigenvalue weighted by atomic mass is 32.2. The average Bonchev–Trinajstić information content (AvgIpc) is 2.87. The van der Waals surface area contributed by atoms with Gasteiger partial charge in [-0.1, -0.05) is 36.4 Å². The number of amides is 1. The third-order valence-electron chi connectivity index (χ3n) is 4.93. The van der Waals surface area contributed by atoms with Crippen molar-refractivity contribution < 1.29 is 22.7 Å². The van der Waals surface area contributed by atoms with Crippen LogP contribution in [0.5, 0.6) is 17.2 Å². The summed E-state index contributed by atoms with van der Waals surface area (Å²) in [7, 11) is -3.94. The van der Waals surface area contributed by atoms with Gasteiger partial charge in [0.15, 0.2) is 0 Å². The van der Waals surface area contributed by atoms with Gasteiger partial charge in [-0.05, 0) is 73.7 Å². The minimum absolute atomic E-state index is 0.0195. The summed E-state index contributed by atoms with van der Waals surface area (Å²) in [5.41, 5.74) is 1.07. The summed E-state index contributed by atoms with van der Waals surface area (Å²) in [5.74, 6) is 1.26. The molecular formula is C27H24N2O5S. The predicted octanol–water partition coefficient (Wildman–Crippen LogP) is 5.93. The van der Waals surface area contributed by atoms with Crippen molar-refractivity contribution in [3.8, 4) is 17.2 Å². The third kappa shape index (κ3) is 6.18. The number of hydrogen-bond donors (Lipinski definition) is 2. The zero-order chi connectivity index (χ0) is 24.7. The molecule has 0 bridgehead atoms. The Kier molecular flexibility index (Phi) is 7.32. The van der Waals surface area contributed by atoms with Gasteiger partial charge < -0.3 is 14.8 Å². The Bertz CT molecular complexity index is 1390. The fraction of sp³-hybridized carbons (Fsp3) is 0.0741. The van der Waals surface area contributed by atoms with Crippen LogP contribution in [0, 0.1) is 0 Å². The Morgan fingerprint density at radius 3 is 2.09 bits per heavy atom. The van der Waals surface area contributed by atoms with Crippen LogP contribution in [0.2, 0.25) is 0 Å². The van der Waals surface area contributed by atoms with Crippen LogP contribution in [-0.4, -0.2) is 20.9 Å². The normalized spacial score (nSPS) is 10.9. The van der Waals surface area contributed by atoms with E-state index in [-0.39, 0.29) is 16.5 Å². The van der Waals surface area contributed by atoms with Gasteiger partial charge in [-0.25, -0.2) is 8.42 Å². The molecule has 178 valence electrons. The second-order valence-electron chi connectivity index (χ2n) is 7.46. The highest BCUT2D eigenvalue weighted by molar-refractivity contribution is 7.92. The fourth-order valence-corrected chi connectivity index (χ4v) is 4.35. The van der Waals surface area contributed by atoms with Gasteiger partial charge in [0.1, 0.15) is 17.2 Å². The Balaban J connectivity index is 1.53. The Morgan fingerprint density at radius 1 is 0.800 bits per heavy atom. The van der Waals surface area contributed by atoms with E-state index in [0.29, 0.717) is 35.1 Å². The molecule has 8 heteroatoms. The largest absolute Gasteiger partial charge is 0.492 e. The lowest BCUT2D eigenvalue weighted by Crippen LogP contribution is -2.16. The van der Waals surface area contributed by atoms with Crippen LogP contribution in [0.3, 0.4) is 0 Å². The first-order chi connectivity index (χ1) is 16.9. The molecule has 0 heterocycles. The first kappa shape index (κ1) is 23.8. The maximum atomic E-state index is 13.1. The molecule has 0 atom stereocenters. The minimum Gasteiger partial charge on any atom is -0.492 e. The van der Waals surface area contributed by atoms with Crippen LogP contribution in [0.1, 0.15) is 17.3 Å². The number of rotatable bonds is 9. The lowest BCUT2D eigenvalue weighted by atomic mass is 10.2. The minimum atomic E-state index is -3.94. The van der Waals surface area contributed by atoms with Crippen LogP contribution in [0.15, 0.2) is 108 Å². The Morgan fingerprint density at radius 2 is 1.43 bits per heavy atom. The molecule has 0 spiro atoms. The number of anilines is 2. The molecule has 0 saturated carbocycles. The summed E-state index contributed by atoms with van der Waals surface area (Å²) >= 11 is 0. The summed E-state index contributed by atoms with van der Waals surface area (Å²) in [6, 6.07) is 28.8. The molecule has 2 N–H and O–H groups in total. The number of ether oxygens (including phenoxy) is 2. The molecule has 4 rings (SSSR count). The van der Waals surface area contributed by atoms with Gasteiger partial charge >= 0.3 is 0 Å². The molecular weight excluding hydrogens is 464 g/mol. The SMILES string of the molecule is CCOc1ccc(S(=O)(=O)Nc2ccc(Oc3ccccc3)cc2)cc1NC(=O)c1ccccc1. The molecule has 7 nitrogen and oxygen atoms in total. The second-order valence-corrected chi connectivity index (χ2v) is 9.14. The molecule has 0 aromatic heterocycles. The van der Waals surface area contributed by atoms with E-state index in [1.165, 1.54) is 18.2 Å². The second kappa shape index (κ2) is 10.8. The fourth-order valence-electron chi connectivity index (χ4n) is 3.27. The summed E-state index contributed by atoms with van der Waals surface area (Å²) in [4.78, 5) is 12.6. The van der Waals surface area contributed by atoms with Crippen molar-refractivity contribution in [1.29, 1.82) is 0 Å². The number of hydrogen-bond acceptors (Lipinski definition) is 5. The van der Waals surface area contributed by atoms with Crippen LogP contribution < -0.4 is 19.5 Å². The summed E-state index contributed by atoms with van der Waals surface area (Å²) in [6.45, 7) is 2.16. The van der Waals surface area contributed by atoms with Crippen molar-refractivity contribution in [2.75, 3.05) is 16.6 Å². The number of carbonyl (C=O) groups excluding carboxylic acids is 1. The van der Waals surface area contributed by atoms with Crippen molar-refractivity contribution in [2.24, 2.45) is 0 Å². The van der Waals surface area contributed by atoms with Crippen molar-refractivity contribution in [3.63, 3.8) is 0 Å². The van der Waals surface area contributed by atoms with E-state index in [9.17, 15) is 13.2 Å². The monoisotopic (exact) mass is 488 g/mol. The molecule has 0 fully saturated rings. The molecule has 35 heavy (non-hydrogen) atoms. The van der Waals surface area contributed by atoms with Crippen molar-refractivity contribution in [3.05, 3.63) is 109 Å². The van der Waals surface area contributed by atoms with Crippen LogP contribution >= 0.6 is 0 Å². The van der Waals surface area contributed by atoms with Gasteiger partial charge in [-0.15, -0.1) is 0 Å². The van der Waals surface area contributed by atoms with Crippen molar-refractivity contribution in [2.45, 2.75) is 11.8 Å². The topological polar surface area (TPSA) is 93.7 Å². The van der Waals surface area contributed by atoms with Gasteiger partial charge in [-0.3, -0.25) is 9.52 Å². The summed E-state index contributed by atoms with van der Waals surface area (Å²) < 4.78 is 40.0. The number of carbonyl (C=O) groups is 1. The molecule has 0 aliphatic heterocycles. The molecule has 0 aliphatic rings. The van der Waals surface area contributed by atoms with E-state index in [1.807, 2.05) is 36.4 Å². The molecule has 0 aliphatic carbocycles. The smallest absolute Gasteiger partial charge is 0.261 e. The number of benzene rings is 4. The van der Waals surface area contributed by atoms with Gasteiger partial charge in [0.25, 0.3) is 15.9 Å². The van der Waals surface area contributed by atoms with Crippen molar-refractivity contribution in [1.82, 2.24) is 0 Å². The lowest BCUT2D eigenvalue weighted by molar-refractivity contribution is 0.102. The van der Waals surface area contributed by atoms with Crippen molar-refractivity contribution >= 4 is 27.3 Å². The third-order valence-corrected chi connectivity index (χ3v) is 6.31. The highest BCUT2D eigenvalue weighted by Gasteiger charge is 2.19. The predicted molar refractivity (Wildman–Crippen MR) is 136 cm³/mol. The Hall–Kier alpha value is -4.30. The number of sulfonamides is 1. The number of para-hydroxylation sites is 1. The highest BCUT2D eigenvalue weighted by Crippen LogP contribution is 2.30. The lowest BCUT2D eigenvalue weighted by Gasteiger charge is -2.14. The Labute approximate surface area is 204 Å². The number of nitrogens with one attached hydrogen (secondary N) is 2. The average molecular weight is 489 g/mol. The van der Waals surface area contributed by atoms with E-state index in [0.717, 1.165) is 0 Å². The van der Waals surface area contributed by atoms with E-state index in [4.69, 9.17) is 9.47 Å². The van der Waals surface area contributed by atoms with Gasteiger partial charge in [0.2, 0.25) is 0 Å².